The molecule has 0 fully saturated rings. The van der Waals surface area contributed by atoms with Crippen LogP contribution in [0.15, 0.2) is 42.6 Å². The molecule has 6 nitrogen and oxygen atoms in total. The van der Waals surface area contributed by atoms with Crippen LogP contribution in [0.5, 0.6) is 11.6 Å². The van der Waals surface area contributed by atoms with Gasteiger partial charge in [0.1, 0.15) is 11.6 Å². The number of hydrogen-bond acceptors (Lipinski definition) is 6. The van der Waals surface area contributed by atoms with Gasteiger partial charge < -0.3 is 15.8 Å². The van der Waals surface area contributed by atoms with Crippen molar-refractivity contribution in [3.05, 3.63) is 42.6 Å². The fraction of sp³-hybridized carbons (Fsp3) is 0.0714. The molecule has 3 aromatic rings. The van der Waals surface area contributed by atoms with E-state index in [2.05, 4.69) is 20.3 Å². The van der Waals surface area contributed by atoms with Crippen LogP contribution in [-0.2, 0) is 0 Å². The average Bonchev–Trinajstić information content (AvgIpc) is 2.46. The van der Waals surface area contributed by atoms with Crippen LogP contribution >= 0.6 is 0 Å². The van der Waals surface area contributed by atoms with Crippen LogP contribution in [0.2, 0.25) is 0 Å². The number of nitrogen functional groups attached to an aromatic ring is 1. The van der Waals surface area contributed by atoms with Crippen molar-refractivity contribution in [2.75, 3.05) is 18.1 Å². The Morgan fingerprint density at radius 1 is 1.15 bits per heavy atom. The summed E-state index contributed by atoms with van der Waals surface area (Å²) in [6.07, 6.45) is 1.65. The Kier molecular flexibility index (Phi) is 3.04. The zero-order valence-corrected chi connectivity index (χ0v) is 10.9. The lowest BCUT2D eigenvalue weighted by atomic mass is 10.2. The third kappa shape index (κ3) is 2.44. The maximum absolute atomic E-state index is 5.68. The highest BCUT2D eigenvalue weighted by Gasteiger charge is 2.05. The Bertz CT molecular complexity index is 759. The summed E-state index contributed by atoms with van der Waals surface area (Å²) in [7, 11) is 1.75. The monoisotopic (exact) mass is 267 g/mol. The molecule has 0 saturated carbocycles. The number of hydrogen-bond donors (Lipinski definition) is 2. The van der Waals surface area contributed by atoms with Crippen molar-refractivity contribution in [3.63, 3.8) is 0 Å². The molecular weight excluding hydrogens is 254 g/mol. The summed E-state index contributed by atoms with van der Waals surface area (Å²) < 4.78 is 5.68. The Morgan fingerprint density at radius 2 is 2.00 bits per heavy atom. The molecule has 0 radical (unpaired) electrons. The molecule has 0 aliphatic heterocycles. The molecule has 20 heavy (non-hydrogen) atoms. The Hall–Kier alpha value is -2.89. The normalized spacial score (nSPS) is 10.4. The zero-order valence-electron chi connectivity index (χ0n) is 10.9. The van der Waals surface area contributed by atoms with Gasteiger partial charge in [-0.1, -0.05) is 18.2 Å². The number of nitrogens with two attached hydrogens (primary N) is 1. The van der Waals surface area contributed by atoms with Gasteiger partial charge >= 0.3 is 0 Å². The highest BCUT2D eigenvalue weighted by molar-refractivity contribution is 5.79. The Labute approximate surface area is 115 Å². The molecule has 3 N–H and O–H groups in total. The molecule has 0 saturated heterocycles. The highest BCUT2D eigenvalue weighted by Crippen LogP contribution is 2.24. The van der Waals surface area contributed by atoms with Crippen molar-refractivity contribution in [2.24, 2.45) is 0 Å². The second-order valence-corrected chi connectivity index (χ2v) is 4.17. The van der Waals surface area contributed by atoms with Crippen molar-refractivity contribution in [2.45, 2.75) is 0 Å². The number of rotatable bonds is 3. The SMILES string of the molecule is CNc1cc(Oc2cnc3ccccc3c2)nc(N)n1. The van der Waals surface area contributed by atoms with Gasteiger partial charge in [0.15, 0.2) is 0 Å². The number of ether oxygens (including phenoxy) is 1. The summed E-state index contributed by atoms with van der Waals surface area (Å²) in [5.41, 5.74) is 6.54. The fourth-order valence-electron chi connectivity index (χ4n) is 1.85. The number of aromatic nitrogens is 3. The van der Waals surface area contributed by atoms with Gasteiger partial charge in [-0.15, -0.1) is 0 Å². The van der Waals surface area contributed by atoms with Crippen LogP contribution in [0.4, 0.5) is 11.8 Å². The van der Waals surface area contributed by atoms with Gasteiger partial charge in [-0.05, 0) is 12.1 Å². The molecule has 0 atom stereocenters. The molecule has 1 aromatic carbocycles. The first-order valence-corrected chi connectivity index (χ1v) is 6.09. The average molecular weight is 267 g/mol. The van der Waals surface area contributed by atoms with Crippen molar-refractivity contribution in [1.29, 1.82) is 0 Å². The first-order chi connectivity index (χ1) is 9.74. The van der Waals surface area contributed by atoms with Crippen molar-refractivity contribution >= 4 is 22.7 Å². The lowest BCUT2D eigenvalue weighted by Gasteiger charge is -2.07. The Balaban J connectivity index is 1.94. The van der Waals surface area contributed by atoms with Crippen molar-refractivity contribution in [3.8, 4) is 11.6 Å². The second-order valence-electron chi connectivity index (χ2n) is 4.17. The van der Waals surface area contributed by atoms with E-state index in [4.69, 9.17) is 10.5 Å². The maximum Gasteiger partial charge on any atom is 0.226 e. The minimum absolute atomic E-state index is 0.153. The topological polar surface area (TPSA) is 86.0 Å². The minimum Gasteiger partial charge on any atom is -0.437 e. The van der Waals surface area contributed by atoms with Crippen LogP contribution in [0.1, 0.15) is 0 Å². The van der Waals surface area contributed by atoms with Crippen molar-refractivity contribution < 1.29 is 4.74 Å². The molecule has 2 aromatic heterocycles. The van der Waals surface area contributed by atoms with Crippen molar-refractivity contribution in [1.82, 2.24) is 15.0 Å². The van der Waals surface area contributed by atoms with E-state index in [9.17, 15) is 0 Å². The molecule has 0 aliphatic carbocycles. The number of fused-ring (bicyclic) bond motifs is 1. The van der Waals surface area contributed by atoms with E-state index in [1.165, 1.54) is 0 Å². The molecule has 0 aliphatic rings. The first kappa shape index (κ1) is 12.2. The number of para-hydroxylation sites is 1. The summed E-state index contributed by atoms with van der Waals surface area (Å²) >= 11 is 0. The second kappa shape index (κ2) is 5.00. The van der Waals surface area contributed by atoms with Gasteiger partial charge in [-0.3, -0.25) is 4.98 Å². The van der Waals surface area contributed by atoms with Gasteiger partial charge in [0, 0.05) is 18.5 Å². The van der Waals surface area contributed by atoms with E-state index >= 15 is 0 Å². The first-order valence-electron chi connectivity index (χ1n) is 6.09. The van der Waals surface area contributed by atoms with Crippen LogP contribution in [0, 0.1) is 0 Å². The summed E-state index contributed by atoms with van der Waals surface area (Å²) in [5, 5.41) is 3.90. The predicted molar refractivity (Wildman–Crippen MR) is 77.8 cm³/mol. The molecule has 3 rings (SSSR count). The predicted octanol–water partition coefficient (Wildman–Crippen LogP) is 2.44. The number of benzene rings is 1. The summed E-state index contributed by atoms with van der Waals surface area (Å²) in [4.78, 5) is 12.4. The standard InChI is InChI=1S/C14H13N5O/c1-16-12-7-13(19-14(15)18-12)20-10-6-9-4-2-3-5-11(9)17-8-10/h2-8H,1H3,(H3,15,16,18,19). The van der Waals surface area contributed by atoms with E-state index in [-0.39, 0.29) is 5.95 Å². The molecule has 0 amide bonds. The maximum atomic E-state index is 5.68. The lowest BCUT2D eigenvalue weighted by molar-refractivity contribution is 0.462. The third-order valence-corrected chi connectivity index (χ3v) is 2.76. The number of nitrogens with one attached hydrogen (secondary N) is 1. The van der Waals surface area contributed by atoms with Crippen LogP contribution in [0.3, 0.4) is 0 Å². The summed E-state index contributed by atoms with van der Waals surface area (Å²) in [5.74, 6) is 1.73. The van der Waals surface area contributed by atoms with Crippen LogP contribution in [0.25, 0.3) is 10.9 Å². The lowest BCUT2D eigenvalue weighted by Crippen LogP contribution is -2.01. The van der Waals surface area contributed by atoms with E-state index < -0.39 is 0 Å². The van der Waals surface area contributed by atoms with Gasteiger partial charge in [-0.25, -0.2) is 0 Å². The number of anilines is 2. The molecule has 6 heteroatoms. The highest BCUT2D eigenvalue weighted by atomic mass is 16.5. The van der Waals surface area contributed by atoms with Gasteiger partial charge in [0.2, 0.25) is 11.8 Å². The van der Waals surface area contributed by atoms with Crippen LogP contribution in [-0.4, -0.2) is 22.0 Å². The van der Waals surface area contributed by atoms with Gasteiger partial charge in [0.05, 0.1) is 11.7 Å². The number of nitrogens with zero attached hydrogens (tertiary/aromatic N) is 3. The molecule has 100 valence electrons. The minimum atomic E-state index is 0.153. The number of pyridine rings is 1. The quantitative estimate of drug-likeness (QED) is 0.758. The summed E-state index contributed by atoms with van der Waals surface area (Å²) in [6.45, 7) is 0. The molecule has 0 unspecified atom stereocenters. The molecular formula is C14H13N5O. The van der Waals surface area contributed by atoms with E-state index in [1.807, 2.05) is 30.3 Å². The zero-order chi connectivity index (χ0) is 13.9. The summed E-state index contributed by atoms with van der Waals surface area (Å²) in [6, 6.07) is 11.4. The Morgan fingerprint density at radius 3 is 2.85 bits per heavy atom. The van der Waals surface area contributed by atoms with E-state index in [0.29, 0.717) is 17.4 Å². The van der Waals surface area contributed by atoms with Gasteiger partial charge in [0.25, 0.3) is 0 Å². The van der Waals surface area contributed by atoms with Crippen LogP contribution < -0.4 is 15.8 Å². The smallest absolute Gasteiger partial charge is 0.226 e. The van der Waals surface area contributed by atoms with E-state index in [0.717, 1.165) is 10.9 Å². The molecule has 2 heterocycles. The third-order valence-electron chi connectivity index (χ3n) is 2.76. The molecule has 0 spiro atoms. The fourth-order valence-corrected chi connectivity index (χ4v) is 1.85. The molecule has 0 bridgehead atoms. The largest absolute Gasteiger partial charge is 0.437 e. The van der Waals surface area contributed by atoms with E-state index in [1.54, 1.807) is 19.3 Å². The van der Waals surface area contributed by atoms with Gasteiger partial charge in [-0.2, -0.15) is 9.97 Å².